The van der Waals surface area contributed by atoms with Crippen LogP contribution in [-0.4, -0.2) is 20.3 Å². The zero-order valence-electron chi connectivity index (χ0n) is 11.2. The molecule has 0 saturated heterocycles. The van der Waals surface area contributed by atoms with Crippen molar-refractivity contribution in [3.63, 3.8) is 0 Å². The minimum absolute atomic E-state index is 0.470. The van der Waals surface area contributed by atoms with Crippen molar-refractivity contribution in [2.45, 2.75) is 39.2 Å². The van der Waals surface area contributed by atoms with Gasteiger partial charge in [0.15, 0.2) is 0 Å². The second-order valence-electron chi connectivity index (χ2n) is 4.70. The Morgan fingerprint density at radius 3 is 2.00 bits per heavy atom. The molecule has 0 radical (unpaired) electrons. The molecule has 19 heavy (non-hydrogen) atoms. The zero-order chi connectivity index (χ0) is 15.5. The van der Waals surface area contributed by atoms with Crippen molar-refractivity contribution in [2.24, 2.45) is 0 Å². The van der Waals surface area contributed by atoms with Gasteiger partial charge in [-0.2, -0.15) is 4.31 Å². The summed E-state index contributed by atoms with van der Waals surface area (Å²) in [5.41, 5.74) is 0.129. The van der Waals surface area contributed by atoms with E-state index in [9.17, 15) is 14.0 Å². The molecule has 0 aromatic heterocycles. The predicted octanol–water partition coefficient (Wildman–Crippen LogP) is 2.90. The highest BCUT2D eigenvalue weighted by molar-refractivity contribution is 7.60. The molecule has 9 heteroatoms. The summed E-state index contributed by atoms with van der Waals surface area (Å²) in [6, 6.07) is 0. The van der Waals surface area contributed by atoms with Crippen LogP contribution in [0.2, 0.25) is 0 Å². The summed E-state index contributed by atoms with van der Waals surface area (Å²) < 4.78 is 30.5. The molecule has 0 spiro atoms. The number of phosphoric ester groups is 1. The van der Waals surface area contributed by atoms with E-state index in [0.29, 0.717) is 18.4 Å². The van der Waals surface area contributed by atoms with Gasteiger partial charge in [0, 0.05) is 0 Å². The van der Waals surface area contributed by atoms with E-state index in [-0.39, 0.29) is 0 Å². The van der Waals surface area contributed by atoms with Crippen LogP contribution in [-0.2, 0) is 18.0 Å². The van der Waals surface area contributed by atoms with Gasteiger partial charge in [-0.25, -0.2) is 9.13 Å². The van der Waals surface area contributed by atoms with Crippen LogP contribution < -0.4 is 0 Å². The first-order chi connectivity index (χ1) is 8.25. The van der Waals surface area contributed by atoms with E-state index in [0.717, 1.165) is 5.57 Å². The fraction of sp³-hybridized carbons (Fsp3) is 0.600. The van der Waals surface area contributed by atoms with Gasteiger partial charge in [0.1, 0.15) is 0 Å². The Morgan fingerprint density at radius 1 is 1.16 bits per heavy atom. The lowest BCUT2D eigenvalue weighted by molar-refractivity contribution is 0.0890. The average Bonchev–Trinajstić information content (AvgIpc) is 2.07. The Labute approximate surface area is 112 Å². The highest BCUT2D eigenvalue weighted by Gasteiger charge is 2.39. The molecule has 112 valence electrons. The van der Waals surface area contributed by atoms with Crippen molar-refractivity contribution in [2.75, 3.05) is 0 Å². The van der Waals surface area contributed by atoms with E-state index >= 15 is 0 Å². The van der Waals surface area contributed by atoms with Crippen LogP contribution in [0.15, 0.2) is 24.3 Å². The van der Waals surface area contributed by atoms with Crippen LogP contribution in [0.3, 0.4) is 0 Å². The number of hydrogen-bond donors (Lipinski definition) is 3. The van der Waals surface area contributed by atoms with Gasteiger partial charge in [-0.3, -0.25) is 4.52 Å². The van der Waals surface area contributed by atoms with Crippen LogP contribution in [0.4, 0.5) is 0 Å². The fourth-order valence-corrected chi connectivity index (χ4v) is 3.08. The lowest BCUT2D eigenvalue weighted by Gasteiger charge is -2.29. The summed E-state index contributed by atoms with van der Waals surface area (Å²) in [5, 5.41) is 0. The van der Waals surface area contributed by atoms with Crippen molar-refractivity contribution in [3.05, 3.63) is 24.3 Å². The molecular weight excluding hydrogens is 294 g/mol. The Kier molecular flexibility index (Phi) is 6.37. The Morgan fingerprint density at radius 2 is 1.63 bits per heavy atom. The molecule has 0 aliphatic heterocycles. The van der Waals surface area contributed by atoms with Gasteiger partial charge in [0.25, 0.3) is 0 Å². The molecule has 0 aromatic carbocycles. The van der Waals surface area contributed by atoms with E-state index in [1.165, 1.54) is 13.8 Å². The van der Waals surface area contributed by atoms with Crippen molar-refractivity contribution < 1.29 is 32.6 Å². The third kappa shape index (κ3) is 8.50. The molecule has 1 unspecified atom stereocenters. The molecule has 0 aliphatic carbocycles. The molecule has 0 amide bonds. The molecule has 0 saturated carbocycles. The van der Waals surface area contributed by atoms with Crippen LogP contribution in [0, 0.1) is 0 Å². The maximum absolute atomic E-state index is 11.4. The number of phosphoric acid groups is 2. The van der Waals surface area contributed by atoms with Gasteiger partial charge in [0.2, 0.25) is 0 Å². The lowest BCUT2D eigenvalue weighted by atomic mass is 9.94. The SMILES string of the molecule is C=C(C)CCC(=C)C(C)(C)OP(=O)(O)OP(=O)(O)O. The van der Waals surface area contributed by atoms with Crippen molar-refractivity contribution in [1.29, 1.82) is 0 Å². The molecule has 1 atom stereocenters. The number of allylic oxidation sites excluding steroid dienone is 1. The third-order valence-electron chi connectivity index (χ3n) is 2.26. The van der Waals surface area contributed by atoms with Crippen LogP contribution in [0.1, 0.15) is 33.6 Å². The highest BCUT2D eigenvalue weighted by Crippen LogP contribution is 2.59. The average molecular weight is 314 g/mol. The second-order valence-corrected chi connectivity index (χ2v) is 7.46. The third-order valence-corrected chi connectivity index (χ3v) is 4.62. The van der Waals surface area contributed by atoms with Crippen molar-refractivity contribution in [1.82, 2.24) is 0 Å². The van der Waals surface area contributed by atoms with Crippen LogP contribution in [0.5, 0.6) is 0 Å². The largest absolute Gasteiger partial charge is 0.481 e. The van der Waals surface area contributed by atoms with E-state index < -0.39 is 21.2 Å². The van der Waals surface area contributed by atoms with E-state index in [2.05, 4.69) is 17.5 Å². The number of hydrogen-bond acceptors (Lipinski definition) is 4. The smallest absolute Gasteiger partial charge is 0.302 e. The van der Waals surface area contributed by atoms with E-state index in [1.807, 2.05) is 6.92 Å². The summed E-state index contributed by atoms with van der Waals surface area (Å²) in [6.07, 6.45) is 1.10. The normalized spacial score (nSPS) is 15.9. The lowest BCUT2D eigenvalue weighted by Crippen LogP contribution is -2.25. The van der Waals surface area contributed by atoms with Gasteiger partial charge in [0.05, 0.1) is 5.60 Å². The topological polar surface area (TPSA) is 113 Å². The molecule has 0 aromatic rings. The molecule has 3 N–H and O–H groups in total. The van der Waals surface area contributed by atoms with Gasteiger partial charge < -0.3 is 14.7 Å². The van der Waals surface area contributed by atoms with E-state index in [4.69, 9.17) is 14.3 Å². The van der Waals surface area contributed by atoms with Gasteiger partial charge in [-0.15, -0.1) is 6.58 Å². The van der Waals surface area contributed by atoms with Gasteiger partial charge >= 0.3 is 15.6 Å². The minimum atomic E-state index is -5.12. The van der Waals surface area contributed by atoms with E-state index in [1.54, 1.807) is 0 Å². The minimum Gasteiger partial charge on any atom is -0.302 e. The quantitative estimate of drug-likeness (QED) is 0.466. The molecule has 0 fully saturated rings. The van der Waals surface area contributed by atoms with Crippen LogP contribution in [0.25, 0.3) is 0 Å². The maximum atomic E-state index is 11.4. The van der Waals surface area contributed by atoms with Crippen LogP contribution >= 0.6 is 15.6 Å². The molecule has 7 nitrogen and oxygen atoms in total. The summed E-state index contributed by atoms with van der Waals surface area (Å²) >= 11 is 0. The van der Waals surface area contributed by atoms with Crippen molar-refractivity contribution in [3.8, 4) is 0 Å². The summed E-state index contributed by atoms with van der Waals surface area (Å²) in [7, 11) is -10.00. The van der Waals surface area contributed by atoms with Gasteiger partial charge in [-0.1, -0.05) is 12.2 Å². The molecular formula is C10H20O7P2. The zero-order valence-corrected chi connectivity index (χ0v) is 13.0. The molecule has 0 rings (SSSR count). The second kappa shape index (κ2) is 6.46. The Balaban J connectivity index is 4.75. The summed E-state index contributed by atoms with van der Waals surface area (Å²) in [4.78, 5) is 26.3. The maximum Gasteiger partial charge on any atom is 0.481 e. The molecule has 0 bridgehead atoms. The standard InChI is InChI=1S/C10H20O7P2/c1-8(2)6-7-9(3)10(4,5)16-19(14,15)17-18(11,12)13/h1,3,6-7H2,2,4-5H3,(H,14,15)(H2,11,12,13). The monoisotopic (exact) mass is 314 g/mol. The summed E-state index contributed by atoms with van der Waals surface area (Å²) in [5.74, 6) is 0. The number of rotatable bonds is 8. The Bertz CT molecular complexity index is 449. The predicted molar refractivity (Wildman–Crippen MR) is 71.3 cm³/mol. The summed E-state index contributed by atoms with van der Waals surface area (Å²) in [6.45, 7) is 12.2. The molecule has 0 aliphatic rings. The fourth-order valence-electron chi connectivity index (χ4n) is 1.17. The van der Waals surface area contributed by atoms with Crippen molar-refractivity contribution >= 4 is 15.6 Å². The molecule has 0 heterocycles. The first-order valence-electron chi connectivity index (χ1n) is 5.38. The highest BCUT2D eigenvalue weighted by atomic mass is 31.3. The first-order valence-corrected chi connectivity index (χ1v) is 8.41. The first kappa shape index (κ1) is 18.7. The Hall–Kier alpha value is -0.260. The van der Waals surface area contributed by atoms with Gasteiger partial charge in [-0.05, 0) is 39.2 Å².